The van der Waals surface area contributed by atoms with Crippen molar-refractivity contribution in [2.45, 2.75) is 0 Å². The van der Waals surface area contributed by atoms with Gasteiger partial charge in [-0.05, 0) is 0 Å². The largest absolute Gasteiger partial charge is 0.483 e. The Kier molecular flexibility index (Phi) is 173. The van der Waals surface area contributed by atoms with Crippen LogP contribution in [0.15, 0.2) is 0 Å². The molecule has 0 aliphatic rings. The Morgan fingerprint density at radius 3 is 0.700 bits per heavy atom. The molecule has 0 aromatic carbocycles. The van der Waals surface area contributed by atoms with E-state index in [1.54, 1.807) is 0 Å². The molecule has 0 saturated heterocycles. The minimum Gasteiger partial charge on any atom is -0.483 e. The van der Waals surface area contributed by atoms with Crippen molar-refractivity contribution in [2.75, 3.05) is 0 Å². The van der Waals surface area contributed by atoms with Gasteiger partial charge in [0.15, 0.2) is 0 Å². The zero-order chi connectivity index (χ0) is 8.12. The summed E-state index contributed by atoms with van der Waals surface area (Å²) < 4.78 is 0. The molecule has 0 bridgehead atoms. The van der Waals surface area contributed by atoms with E-state index in [1.165, 1.54) is 0 Å². The molecule has 0 heterocycles. The maximum Gasteiger partial charge on any atom is 0.290 e. The Hall–Kier alpha value is -0.486. The molecule has 0 aromatic heterocycles. The van der Waals surface area contributed by atoms with Gasteiger partial charge in [0.2, 0.25) is 0 Å². The van der Waals surface area contributed by atoms with Crippen LogP contribution in [0.3, 0.4) is 0 Å². The number of rotatable bonds is 0. The maximum atomic E-state index is 8.36. The van der Waals surface area contributed by atoms with E-state index in [-0.39, 0.29) is 52.1 Å². The van der Waals surface area contributed by atoms with Crippen LogP contribution in [0.4, 0.5) is 0 Å². The van der Waals surface area contributed by atoms with Crippen LogP contribution in [-0.4, -0.2) is 34.7 Å². The Morgan fingerprint density at radius 2 is 0.700 bits per heavy atom. The monoisotopic (exact) mass is 227 g/mol. The van der Waals surface area contributed by atoms with Crippen molar-refractivity contribution in [3.63, 3.8) is 0 Å². The summed E-state index contributed by atoms with van der Waals surface area (Å²) in [5, 5.41) is 20.7. The fraction of sp³-hybridized carbons (Fsp3) is 0. The average molecular weight is 227 g/mol. The molecule has 0 unspecified atom stereocenters. The van der Waals surface area contributed by atoms with Crippen LogP contribution in [0.5, 0.6) is 0 Å². The van der Waals surface area contributed by atoms with Crippen LogP contribution in [0.25, 0.3) is 0 Å². The Labute approximate surface area is 81.7 Å². The van der Waals surface area contributed by atoms with Gasteiger partial charge in [-0.15, -0.1) is 0 Å². The molecule has 1 radical (unpaired) electrons. The van der Waals surface area contributed by atoms with Gasteiger partial charge in [-0.3, -0.25) is 14.4 Å². The number of carbonyl (C=O) groups is 3. The fourth-order valence-corrected chi connectivity index (χ4v) is 0. The predicted molar refractivity (Wildman–Crippen MR) is 26.1 cm³/mol. The van der Waals surface area contributed by atoms with E-state index >= 15 is 0 Å². The van der Waals surface area contributed by atoms with Gasteiger partial charge in [0.1, 0.15) is 0 Å². The van der Waals surface area contributed by atoms with Crippen LogP contribution < -0.4 is 0 Å². The summed E-state index contributed by atoms with van der Waals surface area (Å²) in [6.45, 7) is -0.750. The van der Waals surface area contributed by atoms with E-state index in [2.05, 4.69) is 0 Å². The molecule has 0 atom stereocenters. The van der Waals surface area contributed by atoms with E-state index in [4.69, 9.17) is 29.7 Å². The second-order valence-electron chi connectivity index (χ2n) is 0.316. The molecule has 57 valence electrons. The Morgan fingerprint density at radius 1 is 0.700 bits per heavy atom. The molecule has 0 fully saturated rings. The maximum absolute atomic E-state index is 8.36. The predicted octanol–water partition coefficient (Wildman–Crippen LogP) is -0.900. The van der Waals surface area contributed by atoms with Gasteiger partial charge in [0, 0.05) is 32.7 Å². The van der Waals surface area contributed by atoms with Crippen molar-refractivity contribution in [3.05, 3.63) is 0 Å². The SMILES string of the molecule is O=CO.O=CO.O=CO.[Y]. The van der Waals surface area contributed by atoms with Gasteiger partial charge in [-0.25, -0.2) is 0 Å². The molecule has 0 aliphatic carbocycles. The molecule has 0 spiro atoms. The van der Waals surface area contributed by atoms with Crippen molar-refractivity contribution in [3.8, 4) is 0 Å². The second kappa shape index (κ2) is 76.1. The summed E-state index contributed by atoms with van der Waals surface area (Å²) in [5.41, 5.74) is 0. The van der Waals surface area contributed by atoms with Crippen LogP contribution in [0, 0.1) is 0 Å². The molecule has 3 N–H and O–H groups in total. The first-order valence-electron chi connectivity index (χ1n) is 1.48. The first-order valence-corrected chi connectivity index (χ1v) is 1.48. The second-order valence-corrected chi connectivity index (χ2v) is 0.316. The number of carboxylic acid groups (broad SMARTS) is 3. The molecule has 10 heavy (non-hydrogen) atoms. The first-order chi connectivity index (χ1) is 4.24. The zero-order valence-corrected chi connectivity index (χ0v) is 7.71. The number of hydrogen-bond acceptors (Lipinski definition) is 3. The van der Waals surface area contributed by atoms with Crippen LogP contribution in [0.1, 0.15) is 0 Å². The fourth-order valence-electron chi connectivity index (χ4n) is 0. The summed E-state index contributed by atoms with van der Waals surface area (Å²) in [6, 6.07) is 0. The molecule has 0 saturated carbocycles. The van der Waals surface area contributed by atoms with Crippen LogP contribution >= 0.6 is 0 Å². The summed E-state index contributed by atoms with van der Waals surface area (Å²) in [7, 11) is 0. The topological polar surface area (TPSA) is 112 Å². The summed E-state index contributed by atoms with van der Waals surface area (Å²) in [6.07, 6.45) is 0. The van der Waals surface area contributed by atoms with E-state index < -0.39 is 0 Å². The molecule has 0 aromatic rings. The van der Waals surface area contributed by atoms with Crippen LogP contribution in [-0.2, 0) is 47.1 Å². The van der Waals surface area contributed by atoms with Gasteiger partial charge in [-0.1, -0.05) is 0 Å². The third-order valence-electron chi connectivity index (χ3n) is 0. The molecule has 0 rings (SSSR count). The van der Waals surface area contributed by atoms with Gasteiger partial charge in [0.05, 0.1) is 0 Å². The molecular weight excluding hydrogens is 221 g/mol. The summed E-state index contributed by atoms with van der Waals surface area (Å²) in [5.74, 6) is 0. The van der Waals surface area contributed by atoms with Gasteiger partial charge < -0.3 is 15.3 Å². The van der Waals surface area contributed by atoms with Gasteiger partial charge in [0.25, 0.3) is 19.4 Å². The number of hydrogen-bond donors (Lipinski definition) is 3. The van der Waals surface area contributed by atoms with Crippen molar-refractivity contribution < 1.29 is 62.4 Å². The van der Waals surface area contributed by atoms with Crippen molar-refractivity contribution in [1.29, 1.82) is 0 Å². The zero-order valence-electron chi connectivity index (χ0n) is 4.88. The van der Waals surface area contributed by atoms with Crippen molar-refractivity contribution >= 4 is 19.4 Å². The third kappa shape index (κ3) is 1350. The molecule has 7 heteroatoms. The minimum absolute atomic E-state index is 0. The van der Waals surface area contributed by atoms with Crippen LogP contribution in [0.2, 0.25) is 0 Å². The minimum atomic E-state index is -0.250. The molecule has 0 aliphatic heterocycles. The normalized spacial score (nSPS) is 3.60. The standard InChI is InChI=1S/3CH2O2.Y/c3*2-1-3;/h3*1H,(H,2,3);. The Bertz CT molecular complexity index is 49.7. The summed E-state index contributed by atoms with van der Waals surface area (Å²) >= 11 is 0. The van der Waals surface area contributed by atoms with E-state index in [1.807, 2.05) is 0 Å². The first kappa shape index (κ1) is 22.7. The quantitative estimate of drug-likeness (QED) is 0.462. The third-order valence-corrected chi connectivity index (χ3v) is 0. The molecule has 6 nitrogen and oxygen atoms in total. The smallest absolute Gasteiger partial charge is 0.290 e. The van der Waals surface area contributed by atoms with E-state index in [0.29, 0.717) is 0 Å². The van der Waals surface area contributed by atoms with Crippen molar-refractivity contribution in [1.82, 2.24) is 0 Å². The summed E-state index contributed by atoms with van der Waals surface area (Å²) in [4.78, 5) is 25.1. The molecular formula is C3H6O6Y. The van der Waals surface area contributed by atoms with Gasteiger partial charge in [-0.2, -0.15) is 0 Å². The van der Waals surface area contributed by atoms with E-state index in [0.717, 1.165) is 0 Å². The van der Waals surface area contributed by atoms with Crippen molar-refractivity contribution in [2.24, 2.45) is 0 Å². The molecule has 0 amide bonds. The van der Waals surface area contributed by atoms with Gasteiger partial charge >= 0.3 is 0 Å². The Balaban J connectivity index is -0.0000000257. The average Bonchev–Trinajstić information content (AvgIpc) is 1.70. The van der Waals surface area contributed by atoms with E-state index in [9.17, 15) is 0 Å².